The largest absolute Gasteiger partial charge is 0.392 e. The van der Waals surface area contributed by atoms with E-state index in [2.05, 4.69) is 10.1 Å². The summed E-state index contributed by atoms with van der Waals surface area (Å²) >= 11 is 0. The van der Waals surface area contributed by atoms with Crippen LogP contribution in [0.3, 0.4) is 0 Å². The fraction of sp³-hybridized carbons (Fsp3) is 0.833. The van der Waals surface area contributed by atoms with Gasteiger partial charge in [-0.05, 0) is 5.41 Å². The standard InChI is InChI=1S/C12H20F2N2O3/c1-12(2,3)8(17)6-11-15-10(16-19-11)4-5-18-7-9(13)14/h8-9,17H,4-7H2,1-3H3. The van der Waals surface area contributed by atoms with Crippen LogP contribution in [-0.4, -0.2) is 41.0 Å². The monoisotopic (exact) mass is 278 g/mol. The zero-order valence-electron chi connectivity index (χ0n) is 11.4. The second-order valence-electron chi connectivity index (χ2n) is 5.41. The Labute approximate surface area is 111 Å². The SMILES string of the molecule is CC(C)(C)C(O)Cc1nc(CCOCC(F)F)no1. The summed E-state index contributed by atoms with van der Waals surface area (Å²) in [7, 11) is 0. The van der Waals surface area contributed by atoms with Crippen LogP contribution in [0.15, 0.2) is 4.52 Å². The van der Waals surface area contributed by atoms with Gasteiger partial charge in [0, 0.05) is 6.42 Å². The molecule has 0 saturated carbocycles. The molecule has 0 aromatic carbocycles. The molecule has 0 radical (unpaired) electrons. The topological polar surface area (TPSA) is 68.4 Å². The maximum Gasteiger partial charge on any atom is 0.261 e. The van der Waals surface area contributed by atoms with Crippen LogP contribution in [0.2, 0.25) is 0 Å². The molecule has 0 spiro atoms. The van der Waals surface area contributed by atoms with Crippen molar-refractivity contribution >= 4 is 0 Å². The number of hydrogen-bond acceptors (Lipinski definition) is 5. The normalized spacial score (nSPS) is 14.1. The van der Waals surface area contributed by atoms with Gasteiger partial charge in [0.2, 0.25) is 5.89 Å². The summed E-state index contributed by atoms with van der Waals surface area (Å²) in [5.41, 5.74) is -0.269. The van der Waals surface area contributed by atoms with E-state index in [-0.39, 0.29) is 18.4 Å². The quantitative estimate of drug-likeness (QED) is 0.771. The van der Waals surface area contributed by atoms with Gasteiger partial charge in [0.1, 0.15) is 6.61 Å². The highest BCUT2D eigenvalue weighted by atomic mass is 19.3. The molecule has 0 aliphatic heterocycles. The molecular formula is C12H20F2N2O3. The van der Waals surface area contributed by atoms with E-state index in [0.717, 1.165) is 0 Å². The number of hydrogen-bond donors (Lipinski definition) is 1. The van der Waals surface area contributed by atoms with Gasteiger partial charge in [-0.1, -0.05) is 25.9 Å². The van der Waals surface area contributed by atoms with Crippen molar-refractivity contribution in [2.45, 2.75) is 46.1 Å². The number of aliphatic hydroxyl groups is 1. The van der Waals surface area contributed by atoms with E-state index in [1.807, 2.05) is 20.8 Å². The first kappa shape index (κ1) is 16.0. The lowest BCUT2D eigenvalue weighted by molar-refractivity contribution is 0.0182. The zero-order valence-corrected chi connectivity index (χ0v) is 11.4. The first-order chi connectivity index (χ1) is 8.79. The summed E-state index contributed by atoms with van der Waals surface area (Å²) in [4.78, 5) is 4.08. The molecule has 0 aliphatic rings. The molecule has 19 heavy (non-hydrogen) atoms. The van der Waals surface area contributed by atoms with E-state index in [0.29, 0.717) is 18.1 Å². The van der Waals surface area contributed by atoms with Gasteiger partial charge in [0.25, 0.3) is 6.43 Å². The van der Waals surface area contributed by atoms with Crippen LogP contribution in [0.25, 0.3) is 0 Å². The van der Waals surface area contributed by atoms with Crippen molar-refractivity contribution in [1.82, 2.24) is 10.1 Å². The second-order valence-corrected chi connectivity index (χ2v) is 5.41. The molecule has 1 aromatic rings. The summed E-state index contributed by atoms with van der Waals surface area (Å²) < 4.78 is 33.3. The highest BCUT2D eigenvalue weighted by molar-refractivity contribution is 4.90. The van der Waals surface area contributed by atoms with Crippen molar-refractivity contribution < 1.29 is 23.1 Å². The van der Waals surface area contributed by atoms with Gasteiger partial charge in [0.15, 0.2) is 5.82 Å². The molecule has 7 heteroatoms. The molecule has 1 heterocycles. The third-order valence-corrected chi connectivity index (χ3v) is 2.59. The van der Waals surface area contributed by atoms with Gasteiger partial charge in [-0.15, -0.1) is 0 Å². The molecule has 1 aromatic heterocycles. The van der Waals surface area contributed by atoms with Gasteiger partial charge < -0.3 is 14.4 Å². The third-order valence-electron chi connectivity index (χ3n) is 2.59. The molecular weight excluding hydrogens is 258 g/mol. The first-order valence-corrected chi connectivity index (χ1v) is 6.14. The maximum absolute atomic E-state index is 11.8. The molecule has 0 saturated heterocycles. The van der Waals surface area contributed by atoms with Gasteiger partial charge >= 0.3 is 0 Å². The smallest absolute Gasteiger partial charge is 0.261 e. The average Bonchev–Trinajstić information content (AvgIpc) is 2.70. The van der Waals surface area contributed by atoms with Crippen molar-refractivity contribution in [2.75, 3.05) is 13.2 Å². The molecule has 1 unspecified atom stereocenters. The zero-order chi connectivity index (χ0) is 14.5. The lowest BCUT2D eigenvalue weighted by Crippen LogP contribution is -2.28. The minimum absolute atomic E-state index is 0.116. The number of alkyl halides is 2. The molecule has 0 aliphatic carbocycles. The van der Waals surface area contributed by atoms with Gasteiger partial charge in [-0.3, -0.25) is 0 Å². The predicted octanol–water partition coefficient (Wildman–Crippen LogP) is 1.84. The second kappa shape index (κ2) is 6.91. The third kappa shape index (κ3) is 6.07. The van der Waals surface area contributed by atoms with Crippen LogP contribution >= 0.6 is 0 Å². The van der Waals surface area contributed by atoms with Crippen LogP contribution in [0, 0.1) is 5.41 Å². The van der Waals surface area contributed by atoms with Gasteiger partial charge in [0.05, 0.1) is 19.1 Å². The van der Waals surface area contributed by atoms with E-state index in [1.165, 1.54) is 0 Å². The van der Waals surface area contributed by atoms with Crippen LogP contribution in [0.4, 0.5) is 8.78 Å². The van der Waals surface area contributed by atoms with Crippen molar-refractivity contribution in [2.24, 2.45) is 5.41 Å². The van der Waals surface area contributed by atoms with E-state index in [4.69, 9.17) is 9.26 Å². The molecule has 0 fully saturated rings. The summed E-state index contributed by atoms with van der Waals surface area (Å²) in [6.45, 7) is 5.26. The number of nitrogens with zero attached hydrogens (tertiary/aromatic N) is 2. The lowest BCUT2D eigenvalue weighted by atomic mass is 9.87. The van der Waals surface area contributed by atoms with Crippen LogP contribution in [-0.2, 0) is 17.6 Å². The Morgan fingerprint density at radius 1 is 1.37 bits per heavy atom. The Morgan fingerprint density at radius 2 is 2.05 bits per heavy atom. The fourth-order valence-electron chi connectivity index (χ4n) is 1.28. The molecule has 5 nitrogen and oxygen atoms in total. The van der Waals surface area contributed by atoms with E-state index in [9.17, 15) is 13.9 Å². The number of ether oxygens (including phenoxy) is 1. The molecule has 1 N–H and O–H groups in total. The molecule has 110 valence electrons. The van der Waals surface area contributed by atoms with Crippen molar-refractivity contribution in [1.29, 1.82) is 0 Å². The Hall–Kier alpha value is -1.08. The fourth-order valence-corrected chi connectivity index (χ4v) is 1.28. The maximum atomic E-state index is 11.8. The Morgan fingerprint density at radius 3 is 2.63 bits per heavy atom. The highest BCUT2D eigenvalue weighted by Gasteiger charge is 2.24. The van der Waals surface area contributed by atoms with E-state index in [1.54, 1.807) is 0 Å². The predicted molar refractivity (Wildman–Crippen MR) is 64.0 cm³/mol. The van der Waals surface area contributed by atoms with Crippen molar-refractivity contribution in [3.63, 3.8) is 0 Å². The Bertz CT molecular complexity index is 377. The highest BCUT2D eigenvalue weighted by Crippen LogP contribution is 2.21. The van der Waals surface area contributed by atoms with Crippen molar-refractivity contribution in [3.05, 3.63) is 11.7 Å². The average molecular weight is 278 g/mol. The summed E-state index contributed by atoms with van der Waals surface area (Å²) in [6, 6.07) is 0. The summed E-state index contributed by atoms with van der Waals surface area (Å²) in [5, 5.41) is 13.6. The first-order valence-electron chi connectivity index (χ1n) is 6.14. The summed E-state index contributed by atoms with van der Waals surface area (Å²) in [5.74, 6) is 0.733. The number of rotatable bonds is 7. The number of halogens is 2. The summed E-state index contributed by atoms with van der Waals surface area (Å²) in [6.07, 6.45) is -2.48. The minimum atomic E-state index is -2.47. The Balaban J connectivity index is 2.36. The number of aromatic nitrogens is 2. The van der Waals surface area contributed by atoms with E-state index < -0.39 is 19.1 Å². The molecule has 1 rings (SSSR count). The Kier molecular flexibility index (Phi) is 5.81. The molecule has 0 bridgehead atoms. The van der Waals surface area contributed by atoms with Crippen molar-refractivity contribution in [3.8, 4) is 0 Å². The molecule has 1 atom stereocenters. The van der Waals surface area contributed by atoms with E-state index >= 15 is 0 Å². The minimum Gasteiger partial charge on any atom is -0.392 e. The van der Waals surface area contributed by atoms with Crippen LogP contribution < -0.4 is 0 Å². The van der Waals surface area contributed by atoms with Gasteiger partial charge in [-0.25, -0.2) is 8.78 Å². The number of aliphatic hydroxyl groups excluding tert-OH is 1. The molecule has 0 amide bonds. The van der Waals surface area contributed by atoms with Crippen LogP contribution in [0.1, 0.15) is 32.5 Å². The lowest BCUT2D eigenvalue weighted by Gasteiger charge is -2.24. The van der Waals surface area contributed by atoms with Gasteiger partial charge in [-0.2, -0.15) is 4.98 Å². The van der Waals surface area contributed by atoms with Crippen LogP contribution in [0.5, 0.6) is 0 Å².